The van der Waals surface area contributed by atoms with E-state index < -0.39 is 5.60 Å². The third-order valence-corrected chi connectivity index (χ3v) is 3.19. The molecule has 2 rings (SSSR count). The normalized spacial score (nSPS) is 23.2. The summed E-state index contributed by atoms with van der Waals surface area (Å²) < 4.78 is 7.07. The maximum Gasteiger partial charge on any atom is 0.253 e. The Hall–Kier alpha value is -1.89. The van der Waals surface area contributed by atoms with E-state index in [2.05, 4.69) is 10.4 Å². The number of aromatic nitrogens is 2. The maximum atomic E-state index is 12.1. The average Bonchev–Trinajstić information content (AvgIpc) is 2.90. The summed E-state index contributed by atoms with van der Waals surface area (Å²) in [5, 5.41) is 6.56. The van der Waals surface area contributed by atoms with Crippen LogP contribution in [0.15, 0.2) is 18.5 Å². The highest BCUT2D eigenvalue weighted by atomic mass is 16.5. The van der Waals surface area contributed by atoms with Crippen LogP contribution in [-0.2, 0) is 20.9 Å². The van der Waals surface area contributed by atoms with Crippen molar-refractivity contribution in [1.82, 2.24) is 20.0 Å². The lowest BCUT2D eigenvalue weighted by atomic mass is 10.0. The Balaban J connectivity index is 2.01. The van der Waals surface area contributed by atoms with E-state index >= 15 is 0 Å². The fraction of sp³-hybridized carbons (Fsp3) is 0.583. The molecule has 1 atom stereocenters. The summed E-state index contributed by atoms with van der Waals surface area (Å²) in [6.07, 6.45) is 3.36. The topological polar surface area (TPSA) is 76.5 Å². The molecule has 0 spiro atoms. The highest BCUT2D eigenvalue weighted by molar-refractivity contribution is 5.86. The Morgan fingerprint density at radius 3 is 2.95 bits per heavy atom. The van der Waals surface area contributed by atoms with Gasteiger partial charge in [-0.15, -0.1) is 0 Å². The maximum absolute atomic E-state index is 12.1. The summed E-state index contributed by atoms with van der Waals surface area (Å²) in [5.41, 5.74) is -0.979. The Labute approximate surface area is 111 Å². The summed E-state index contributed by atoms with van der Waals surface area (Å²) in [6, 6.07) is 1.77. The number of hydrogen-bond acceptors (Lipinski definition) is 4. The van der Waals surface area contributed by atoms with Gasteiger partial charge in [-0.25, -0.2) is 0 Å². The van der Waals surface area contributed by atoms with Gasteiger partial charge in [0.2, 0.25) is 5.91 Å². The van der Waals surface area contributed by atoms with Gasteiger partial charge < -0.3 is 15.0 Å². The van der Waals surface area contributed by atoms with Crippen LogP contribution in [0.25, 0.3) is 0 Å². The van der Waals surface area contributed by atoms with Crippen LogP contribution < -0.4 is 5.32 Å². The lowest BCUT2D eigenvalue weighted by Crippen LogP contribution is -2.59. The van der Waals surface area contributed by atoms with Crippen LogP contribution in [0.2, 0.25) is 0 Å². The number of carbonyl (C=O) groups is 2. The second kappa shape index (κ2) is 5.40. The number of nitrogens with zero attached hydrogens (tertiary/aromatic N) is 3. The minimum absolute atomic E-state index is 0.0675. The average molecular weight is 266 g/mol. The fourth-order valence-corrected chi connectivity index (χ4v) is 2.12. The molecule has 1 saturated heterocycles. The van der Waals surface area contributed by atoms with Crippen molar-refractivity contribution in [2.75, 3.05) is 26.7 Å². The Kier molecular flexibility index (Phi) is 3.84. The van der Waals surface area contributed by atoms with Crippen LogP contribution in [0, 0.1) is 0 Å². The molecule has 1 N–H and O–H groups in total. The van der Waals surface area contributed by atoms with E-state index in [1.807, 2.05) is 0 Å². The van der Waals surface area contributed by atoms with Gasteiger partial charge in [-0.2, -0.15) is 5.10 Å². The predicted octanol–water partition coefficient (Wildman–Crippen LogP) is -0.753. The zero-order valence-electron chi connectivity index (χ0n) is 11.1. The number of carbonyl (C=O) groups excluding carboxylic acids is 2. The molecule has 104 valence electrons. The number of nitrogens with one attached hydrogen (secondary N) is 1. The molecule has 2 amide bonds. The molecule has 2 heterocycles. The van der Waals surface area contributed by atoms with E-state index in [0.717, 1.165) is 0 Å². The molecule has 0 aromatic carbocycles. The summed E-state index contributed by atoms with van der Waals surface area (Å²) in [4.78, 5) is 25.6. The molecule has 0 aliphatic carbocycles. The second-order valence-electron chi connectivity index (χ2n) is 4.68. The molecule has 0 saturated carbocycles. The largest absolute Gasteiger partial charge is 0.362 e. The molecular weight excluding hydrogens is 248 g/mol. The smallest absolute Gasteiger partial charge is 0.253 e. The Bertz CT molecular complexity index is 460. The van der Waals surface area contributed by atoms with Crippen molar-refractivity contribution in [2.45, 2.75) is 19.1 Å². The van der Waals surface area contributed by atoms with E-state index in [1.54, 1.807) is 42.0 Å². The van der Waals surface area contributed by atoms with Crippen LogP contribution >= 0.6 is 0 Å². The third-order valence-electron chi connectivity index (χ3n) is 3.19. The van der Waals surface area contributed by atoms with Crippen molar-refractivity contribution in [3.05, 3.63) is 18.5 Å². The van der Waals surface area contributed by atoms with Gasteiger partial charge in [0, 0.05) is 26.0 Å². The molecule has 1 fully saturated rings. The van der Waals surface area contributed by atoms with Crippen LogP contribution in [0.5, 0.6) is 0 Å². The van der Waals surface area contributed by atoms with Gasteiger partial charge >= 0.3 is 0 Å². The first-order chi connectivity index (χ1) is 9.05. The zero-order valence-corrected chi connectivity index (χ0v) is 11.1. The molecule has 7 nitrogen and oxygen atoms in total. The molecule has 1 aliphatic rings. The molecule has 1 aromatic heterocycles. The van der Waals surface area contributed by atoms with Gasteiger partial charge in [0.1, 0.15) is 6.54 Å². The Morgan fingerprint density at radius 2 is 2.32 bits per heavy atom. The summed E-state index contributed by atoms with van der Waals surface area (Å²) in [5.74, 6) is -0.286. The van der Waals surface area contributed by atoms with Crippen LogP contribution in [0.4, 0.5) is 0 Å². The number of likely N-dealkylation sites (N-methyl/N-ethyl adjacent to an activating group) is 1. The molecule has 19 heavy (non-hydrogen) atoms. The molecule has 0 radical (unpaired) electrons. The highest BCUT2D eigenvalue weighted by Crippen LogP contribution is 2.18. The second-order valence-corrected chi connectivity index (χ2v) is 4.68. The van der Waals surface area contributed by atoms with Crippen molar-refractivity contribution >= 4 is 11.8 Å². The van der Waals surface area contributed by atoms with Gasteiger partial charge in [-0.05, 0) is 13.0 Å². The van der Waals surface area contributed by atoms with Gasteiger partial charge in [-0.1, -0.05) is 0 Å². The van der Waals surface area contributed by atoms with Gasteiger partial charge in [0.15, 0.2) is 5.60 Å². The number of ether oxygens (including phenoxy) is 1. The minimum atomic E-state index is -0.979. The van der Waals surface area contributed by atoms with E-state index in [1.165, 1.54) is 0 Å². The van der Waals surface area contributed by atoms with Crippen LogP contribution in [0.3, 0.4) is 0 Å². The molecule has 0 unspecified atom stereocenters. The lowest BCUT2D eigenvalue weighted by Gasteiger charge is -2.39. The van der Waals surface area contributed by atoms with Crippen LogP contribution in [0.1, 0.15) is 6.92 Å². The van der Waals surface area contributed by atoms with E-state index in [-0.39, 0.29) is 24.9 Å². The molecular formula is C12H18N4O3. The van der Waals surface area contributed by atoms with Crippen molar-refractivity contribution in [2.24, 2.45) is 0 Å². The standard InChI is InChI=1S/C12H18N4O3/c1-12(11(18)13-2)9-15(6-7-19-12)10(17)8-16-5-3-4-14-16/h3-5H,6-9H2,1-2H3,(H,13,18)/t12-/m1/s1. The van der Waals surface area contributed by atoms with Crippen molar-refractivity contribution in [1.29, 1.82) is 0 Å². The molecule has 1 aromatic rings. The van der Waals surface area contributed by atoms with Gasteiger partial charge in [-0.3, -0.25) is 14.3 Å². The number of morpholine rings is 1. The molecule has 0 bridgehead atoms. The Morgan fingerprint density at radius 1 is 1.53 bits per heavy atom. The lowest BCUT2D eigenvalue weighted by molar-refractivity contribution is -0.162. The van der Waals surface area contributed by atoms with Crippen molar-refractivity contribution in [3.8, 4) is 0 Å². The summed E-state index contributed by atoms with van der Waals surface area (Å²) in [7, 11) is 1.56. The number of amides is 2. The minimum Gasteiger partial charge on any atom is -0.362 e. The quantitative estimate of drug-likeness (QED) is 0.780. The first-order valence-corrected chi connectivity index (χ1v) is 6.16. The third kappa shape index (κ3) is 2.93. The van der Waals surface area contributed by atoms with Crippen LogP contribution in [-0.4, -0.2) is 58.8 Å². The van der Waals surface area contributed by atoms with E-state index in [9.17, 15) is 9.59 Å². The first kappa shape index (κ1) is 13.5. The number of hydrogen-bond donors (Lipinski definition) is 1. The van der Waals surface area contributed by atoms with Gasteiger partial charge in [0.25, 0.3) is 5.91 Å². The monoisotopic (exact) mass is 266 g/mol. The highest BCUT2D eigenvalue weighted by Gasteiger charge is 2.40. The summed E-state index contributed by atoms with van der Waals surface area (Å²) >= 11 is 0. The predicted molar refractivity (Wildman–Crippen MR) is 67.2 cm³/mol. The summed E-state index contributed by atoms with van der Waals surface area (Å²) in [6.45, 7) is 2.98. The first-order valence-electron chi connectivity index (χ1n) is 6.16. The van der Waals surface area contributed by atoms with E-state index in [4.69, 9.17) is 4.74 Å². The van der Waals surface area contributed by atoms with Crippen molar-refractivity contribution in [3.63, 3.8) is 0 Å². The van der Waals surface area contributed by atoms with Gasteiger partial charge in [0.05, 0.1) is 13.2 Å². The fourth-order valence-electron chi connectivity index (χ4n) is 2.12. The molecule has 7 heteroatoms. The zero-order chi connectivity index (χ0) is 13.9. The molecule has 1 aliphatic heterocycles. The number of rotatable bonds is 3. The SMILES string of the molecule is CNC(=O)[C@@]1(C)CN(C(=O)Cn2cccn2)CCO1. The van der Waals surface area contributed by atoms with E-state index in [0.29, 0.717) is 13.2 Å². The van der Waals surface area contributed by atoms with Crippen molar-refractivity contribution < 1.29 is 14.3 Å².